The van der Waals surface area contributed by atoms with Crippen LogP contribution in [0.5, 0.6) is 0 Å². The van der Waals surface area contributed by atoms with Crippen LogP contribution in [0.25, 0.3) is 0 Å². The molecule has 0 bridgehead atoms. The molecule has 0 saturated carbocycles. The second-order valence-electron chi connectivity index (χ2n) is 4.83. The summed E-state index contributed by atoms with van der Waals surface area (Å²) in [5.41, 5.74) is 1.05. The fourth-order valence-corrected chi connectivity index (χ4v) is 2.61. The zero-order valence-corrected chi connectivity index (χ0v) is 12.0. The Morgan fingerprint density at radius 2 is 2.10 bits per heavy atom. The molecule has 7 heteroatoms. The number of hydrogen-bond donors (Lipinski definition) is 0. The lowest BCUT2D eigenvalue weighted by atomic mass is 10.2. The van der Waals surface area contributed by atoms with Crippen LogP contribution >= 0.6 is 11.6 Å². The van der Waals surface area contributed by atoms with Gasteiger partial charge in [0.2, 0.25) is 5.89 Å². The highest BCUT2D eigenvalue weighted by molar-refractivity contribution is 6.33. The summed E-state index contributed by atoms with van der Waals surface area (Å²) in [6.07, 6.45) is 3.46. The second-order valence-corrected chi connectivity index (χ2v) is 5.23. The maximum absolute atomic E-state index is 6.18. The molecule has 0 aliphatic carbocycles. The van der Waals surface area contributed by atoms with Gasteiger partial charge in [-0.05, 0) is 13.0 Å². The van der Waals surface area contributed by atoms with Gasteiger partial charge in [-0.3, -0.25) is 9.88 Å². The van der Waals surface area contributed by atoms with E-state index in [4.69, 9.17) is 16.1 Å². The van der Waals surface area contributed by atoms with E-state index in [-0.39, 0.29) is 0 Å². The van der Waals surface area contributed by atoms with Crippen LogP contribution in [0, 0.1) is 6.92 Å². The van der Waals surface area contributed by atoms with E-state index in [1.165, 1.54) is 0 Å². The monoisotopic (exact) mass is 293 g/mol. The number of aromatic nitrogens is 3. The van der Waals surface area contributed by atoms with Crippen molar-refractivity contribution in [2.24, 2.45) is 0 Å². The Morgan fingerprint density at radius 3 is 2.75 bits per heavy atom. The van der Waals surface area contributed by atoms with Gasteiger partial charge >= 0.3 is 0 Å². The molecule has 0 aromatic carbocycles. The average Bonchev–Trinajstić information content (AvgIpc) is 2.86. The molecule has 1 fully saturated rings. The molecule has 3 rings (SSSR count). The van der Waals surface area contributed by atoms with Gasteiger partial charge in [-0.15, -0.1) is 0 Å². The summed E-state index contributed by atoms with van der Waals surface area (Å²) in [5.74, 6) is 1.36. The van der Waals surface area contributed by atoms with Crippen LogP contribution in [-0.2, 0) is 6.54 Å². The summed E-state index contributed by atoms with van der Waals surface area (Å²) in [6, 6.07) is 1.96. The molecule has 3 heterocycles. The highest BCUT2D eigenvalue weighted by Crippen LogP contribution is 2.25. The van der Waals surface area contributed by atoms with Crippen molar-refractivity contribution >= 4 is 17.3 Å². The first kappa shape index (κ1) is 13.3. The Labute approximate surface area is 122 Å². The molecule has 0 amide bonds. The van der Waals surface area contributed by atoms with Crippen molar-refractivity contribution in [2.45, 2.75) is 13.5 Å². The molecule has 1 aliphatic rings. The predicted molar refractivity (Wildman–Crippen MR) is 75.8 cm³/mol. The maximum atomic E-state index is 6.18. The summed E-state index contributed by atoms with van der Waals surface area (Å²) in [4.78, 5) is 12.8. The molecular formula is C13H16ClN5O. The van der Waals surface area contributed by atoms with E-state index >= 15 is 0 Å². The van der Waals surface area contributed by atoms with Gasteiger partial charge < -0.3 is 9.42 Å². The molecule has 0 spiro atoms. The third-order valence-corrected chi connectivity index (χ3v) is 3.68. The molecule has 0 atom stereocenters. The molecule has 6 nitrogen and oxygen atoms in total. The van der Waals surface area contributed by atoms with Crippen LogP contribution in [0.3, 0.4) is 0 Å². The Hall–Kier alpha value is -1.66. The number of pyridine rings is 1. The van der Waals surface area contributed by atoms with Crippen LogP contribution in [0.1, 0.15) is 11.7 Å². The normalized spacial score (nSPS) is 16.6. The van der Waals surface area contributed by atoms with Gasteiger partial charge in [0, 0.05) is 38.6 Å². The van der Waals surface area contributed by atoms with E-state index in [0.717, 1.165) is 31.9 Å². The fraction of sp³-hybridized carbons (Fsp3) is 0.462. The van der Waals surface area contributed by atoms with Crippen LogP contribution in [0.2, 0.25) is 5.02 Å². The van der Waals surface area contributed by atoms with E-state index in [2.05, 4.69) is 24.9 Å². The van der Waals surface area contributed by atoms with Crippen molar-refractivity contribution in [2.75, 3.05) is 31.1 Å². The third-order valence-electron chi connectivity index (χ3n) is 3.39. The van der Waals surface area contributed by atoms with Crippen molar-refractivity contribution in [3.63, 3.8) is 0 Å². The number of piperazine rings is 1. The first-order valence-electron chi connectivity index (χ1n) is 6.58. The van der Waals surface area contributed by atoms with E-state index in [1.54, 1.807) is 12.4 Å². The molecule has 1 saturated heterocycles. The van der Waals surface area contributed by atoms with Gasteiger partial charge in [-0.25, -0.2) is 0 Å². The number of anilines is 1. The summed E-state index contributed by atoms with van der Waals surface area (Å²) < 4.78 is 5.15. The van der Waals surface area contributed by atoms with E-state index in [9.17, 15) is 0 Å². The fourth-order valence-electron chi connectivity index (χ4n) is 2.37. The van der Waals surface area contributed by atoms with Crippen LogP contribution in [-0.4, -0.2) is 46.2 Å². The molecule has 106 valence electrons. The molecule has 0 N–H and O–H groups in total. The number of hydrogen-bond acceptors (Lipinski definition) is 6. The lowest BCUT2D eigenvalue weighted by Gasteiger charge is -2.35. The molecular weight excluding hydrogens is 278 g/mol. The minimum atomic E-state index is 0.679. The molecule has 0 unspecified atom stereocenters. The minimum absolute atomic E-state index is 0.679. The van der Waals surface area contributed by atoms with Crippen molar-refractivity contribution in [1.82, 2.24) is 20.0 Å². The summed E-state index contributed by atoms with van der Waals surface area (Å²) in [5, 5.41) is 4.51. The van der Waals surface area contributed by atoms with Gasteiger partial charge in [0.05, 0.1) is 17.3 Å². The van der Waals surface area contributed by atoms with Gasteiger partial charge in [-0.1, -0.05) is 16.8 Å². The van der Waals surface area contributed by atoms with Gasteiger partial charge in [-0.2, -0.15) is 4.98 Å². The van der Waals surface area contributed by atoms with E-state index < -0.39 is 0 Å². The zero-order chi connectivity index (χ0) is 13.9. The highest BCUT2D eigenvalue weighted by Gasteiger charge is 2.20. The van der Waals surface area contributed by atoms with Gasteiger partial charge in [0.1, 0.15) is 0 Å². The van der Waals surface area contributed by atoms with E-state index in [1.807, 2.05) is 13.0 Å². The Balaban J connectivity index is 1.58. The number of halogens is 1. The largest absolute Gasteiger partial charge is 0.368 e. The van der Waals surface area contributed by atoms with Crippen molar-refractivity contribution in [3.8, 4) is 0 Å². The van der Waals surface area contributed by atoms with E-state index in [0.29, 0.717) is 23.3 Å². The predicted octanol–water partition coefficient (Wildman–Crippen LogP) is 1.75. The molecule has 2 aromatic rings. The van der Waals surface area contributed by atoms with Crippen molar-refractivity contribution in [1.29, 1.82) is 0 Å². The average molecular weight is 294 g/mol. The molecule has 2 aromatic heterocycles. The summed E-state index contributed by atoms with van der Waals surface area (Å²) >= 11 is 6.18. The van der Waals surface area contributed by atoms with Crippen LogP contribution in [0.4, 0.5) is 5.69 Å². The lowest BCUT2D eigenvalue weighted by molar-refractivity contribution is 0.215. The summed E-state index contributed by atoms with van der Waals surface area (Å²) in [6.45, 7) is 6.28. The van der Waals surface area contributed by atoms with Crippen LogP contribution < -0.4 is 4.90 Å². The topological polar surface area (TPSA) is 58.3 Å². The molecule has 1 aliphatic heterocycles. The standard InChI is InChI=1S/C13H16ClN5O/c1-10-16-13(20-17-10)9-18-4-6-19(7-5-18)12-2-3-15-8-11(12)14/h2-3,8H,4-7,9H2,1H3. The lowest BCUT2D eigenvalue weighted by Crippen LogP contribution is -2.46. The number of aryl methyl sites for hydroxylation is 1. The third kappa shape index (κ3) is 2.91. The maximum Gasteiger partial charge on any atom is 0.240 e. The van der Waals surface area contributed by atoms with Gasteiger partial charge in [0.15, 0.2) is 5.82 Å². The number of nitrogens with zero attached hydrogens (tertiary/aromatic N) is 5. The number of rotatable bonds is 3. The quantitative estimate of drug-likeness (QED) is 0.859. The first-order valence-corrected chi connectivity index (χ1v) is 6.96. The SMILES string of the molecule is Cc1noc(CN2CCN(c3ccncc3Cl)CC2)n1. The molecule has 0 radical (unpaired) electrons. The molecule has 20 heavy (non-hydrogen) atoms. The Morgan fingerprint density at radius 1 is 1.30 bits per heavy atom. The summed E-state index contributed by atoms with van der Waals surface area (Å²) in [7, 11) is 0. The van der Waals surface area contributed by atoms with Crippen LogP contribution in [0.15, 0.2) is 23.0 Å². The Kier molecular flexibility index (Phi) is 3.84. The van der Waals surface area contributed by atoms with Crippen molar-refractivity contribution in [3.05, 3.63) is 35.2 Å². The first-order chi connectivity index (χ1) is 9.72. The second kappa shape index (κ2) is 5.76. The smallest absolute Gasteiger partial charge is 0.240 e. The van der Waals surface area contributed by atoms with Crippen molar-refractivity contribution < 1.29 is 4.52 Å². The van der Waals surface area contributed by atoms with Gasteiger partial charge in [0.25, 0.3) is 0 Å². The zero-order valence-electron chi connectivity index (χ0n) is 11.3. The minimum Gasteiger partial charge on any atom is -0.368 e. The highest BCUT2D eigenvalue weighted by atomic mass is 35.5. The Bertz CT molecular complexity index is 580.